The van der Waals surface area contributed by atoms with Gasteiger partial charge < -0.3 is 0 Å². The summed E-state index contributed by atoms with van der Waals surface area (Å²) in [6.45, 7) is 2.38. The lowest BCUT2D eigenvalue weighted by Gasteiger charge is -2.14. The fourth-order valence-corrected chi connectivity index (χ4v) is 2.20. The molecule has 1 aromatic heterocycles. The van der Waals surface area contributed by atoms with Crippen molar-refractivity contribution in [1.82, 2.24) is 10.3 Å². The van der Waals surface area contributed by atoms with Crippen molar-refractivity contribution in [2.24, 2.45) is 5.10 Å². The van der Waals surface area contributed by atoms with Crippen molar-refractivity contribution in [3.05, 3.63) is 66.5 Å². The zero-order chi connectivity index (χ0) is 19.8. The van der Waals surface area contributed by atoms with Crippen LogP contribution in [-0.4, -0.2) is 34.5 Å². The van der Waals surface area contributed by atoms with Crippen LogP contribution in [0.1, 0.15) is 19.4 Å². The van der Waals surface area contributed by atoms with E-state index in [2.05, 4.69) is 10.5 Å². The van der Waals surface area contributed by atoms with E-state index in [0.29, 0.717) is 10.5 Å². The number of hydrazone groups is 1. The minimum Gasteiger partial charge on any atom is -0.272 e. The van der Waals surface area contributed by atoms with E-state index in [-0.39, 0.29) is 11.5 Å². The van der Waals surface area contributed by atoms with Gasteiger partial charge in [-0.05, 0) is 17.7 Å². The van der Waals surface area contributed by atoms with Crippen LogP contribution in [0.3, 0.4) is 0 Å². The zero-order valence-electron chi connectivity index (χ0n) is 14.7. The van der Waals surface area contributed by atoms with Gasteiger partial charge in [0.15, 0.2) is 0 Å². The van der Waals surface area contributed by atoms with Gasteiger partial charge in [0.1, 0.15) is 11.5 Å². The summed E-state index contributed by atoms with van der Waals surface area (Å²) in [6, 6.07) is 13.2. The monoisotopic (exact) mass is 365 g/mol. The number of carbonyl (C=O) groups excluding carboxylic acids is 4. The first-order valence-corrected chi connectivity index (χ1v) is 7.92. The molecule has 0 atom stereocenters. The van der Waals surface area contributed by atoms with E-state index in [1.165, 1.54) is 23.9 Å². The second-order valence-electron chi connectivity index (χ2n) is 5.37. The van der Waals surface area contributed by atoms with Crippen molar-refractivity contribution in [2.75, 3.05) is 0 Å². The Morgan fingerprint density at radius 2 is 1.59 bits per heavy atom. The Kier molecular flexibility index (Phi) is 6.46. The second kappa shape index (κ2) is 8.98. The molecule has 0 saturated heterocycles. The first-order valence-electron chi connectivity index (χ1n) is 7.92. The summed E-state index contributed by atoms with van der Waals surface area (Å²) in [4.78, 5) is 48.7. The van der Waals surface area contributed by atoms with Crippen LogP contribution in [0.25, 0.3) is 5.57 Å². The number of carbonyl (C=O) groups is 3. The van der Waals surface area contributed by atoms with Crippen LogP contribution in [0.5, 0.6) is 0 Å². The zero-order valence-corrected chi connectivity index (χ0v) is 14.7. The van der Waals surface area contributed by atoms with Gasteiger partial charge in [0.25, 0.3) is 5.91 Å². The van der Waals surface area contributed by atoms with Crippen molar-refractivity contribution in [3.8, 4) is 0 Å². The average Bonchev–Trinajstić information content (AvgIpc) is 2.66. The van der Waals surface area contributed by atoms with Gasteiger partial charge in [0.2, 0.25) is 5.91 Å². The molecule has 0 aliphatic rings. The lowest BCUT2D eigenvalue weighted by molar-refractivity contribution is -0.563. The summed E-state index contributed by atoms with van der Waals surface area (Å²) in [5.74, 6) is -0.687. The van der Waals surface area contributed by atoms with Crippen LogP contribution in [0.4, 0.5) is 0 Å². The van der Waals surface area contributed by atoms with Crippen molar-refractivity contribution in [3.63, 3.8) is 0 Å². The SMILES string of the molecule is CC(=O)N/N=C(/N(C(C)=O)C(=O)C(=C=O)c1ccccc1)[n+]1ccccc1. The van der Waals surface area contributed by atoms with Gasteiger partial charge in [-0.3, -0.25) is 9.59 Å². The first kappa shape index (κ1) is 19.4. The second-order valence-corrected chi connectivity index (χ2v) is 5.37. The number of hydrogen-bond acceptors (Lipinski definition) is 5. The van der Waals surface area contributed by atoms with Crippen LogP contribution < -0.4 is 9.99 Å². The van der Waals surface area contributed by atoms with Gasteiger partial charge in [0, 0.05) is 18.9 Å². The highest BCUT2D eigenvalue weighted by molar-refractivity contribution is 6.34. The summed E-state index contributed by atoms with van der Waals surface area (Å²) in [6.07, 6.45) is 3.08. The van der Waals surface area contributed by atoms with Gasteiger partial charge >= 0.3 is 11.9 Å². The Bertz CT molecular complexity index is 933. The van der Waals surface area contributed by atoms with Gasteiger partial charge in [-0.2, -0.15) is 5.43 Å². The molecule has 136 valence electrons. The van der Waals surface area contributed by atoms with Gasteiger partial charge in [0.05, 0.1) is 12.4 Å². The first-order chi connectivity index (χ1) is 13.0. The molecule has 0 spiro atoms. The summed E-state index contributed by atoms with van der Waals surface area (Å²) >= 11 is 0. The summed E-state index contributed by atoms with van der Waals surface area (Å²) in [7, 11) is 0. The number of benzene rings is 1. The molecule has 2 rings (SSSR count). The van der Waals surface area contributed by atoms with Crippen LogP contribution in [0.2, 0.25) is 0 Å². The van der Waals surface area contributed by atoms with E-state index in [9.17, 15) is 19.2 Å². The predicted molar refractivity (Wildman–Crippen MR) is 96.4 cm³/mol. The smallest absolute Gasteiger partial charge is 0.272 e. The lowest BCUT2D eigenvalue weighted by atomic mass is 10.1. The highest BCUT2D eigenvalue weighted by Gasteiger charge is 2.37. The Balaban J connectivity index is 2.56. The predicted octanol–water partition coefficient (Wildman–Crippen LogP) is 0.520. The molecule has 3 amide bonds. The number of amides is 3. The van der Waals surface area contributed by atoms with E-state index in [0.717, 1.165) is 6.92 Å². The normalized spacial score (nSPS) is 10.5. The molecule has 8 nitrogen and oxygen atoms in total. The number of hydrogen-bond donors (Lipinski definition) is 1. The maximum atomic E-state index is 13.0. The van der Waals surface area contributed by atoms with Crippen molar-refractivity contribution in [1.29, 1.82) is 0 Å². The van der Waals surface area contributed by atoms with Gasteiger partial charge in [-0.15, -0.1) is 4.90 Å². The molecule has 1 aromatic carbocycles. The number of aromatic nitrogens is 1. The van der Waals surface area contributed by atoms with E-state index >= 15 is 0 Å². The molecule has 0 aliphatic carbocycles. The molecular weight excluding hydrogens is 348 g/mol. The third-order valence-corrected chi connectivity index (χ3v) is 3.36. The third kappa shape index (κ3) is 4.81. The highest BCUT2D eigenvalue weighted by atomic mass is 16.2. The Labute approximate surface area is 155 Å². The van der Waals surface area contributed by atoms with E-state index in [4.69, 9.17) is 0 Å². The molecule has 0 aliphatic heterocycles. The quantitative estimate of drug-likeness (QED) is 0.214. The summed E-state index contributed by atoms with van der Waals surface area (Å²) in [5, 5.41) is 3.87. The topological polar surface area (TPSA) is 99.8 Å². The van der Waals surface area contributed by atoms with E-state index in [1.54, 1.807) is 54.5 Å². The van der Waals surface area contributed by atoms with Gasteiger partial charge in [-0.25, -0.2) is 14.2 Å². The van der Waals surface area contributed by atoms with Gasteiger partial charge in [-0.1, -0.05) is 36.4 Å². The molecule has 0 fully saturated rings. The third-order valence-electron chi connectivity index (χ3n) is 3.36. The number of imide groups is 1. The molecule has 0 bridgehead atoms. The molecule has 1 N–H and O–H groups in total. The maximum absolute atomic E-state index is 13.0. The molecule has 8 heteroatoms. The highest BCUT2D eigenvalue weighted by Crippen LogP contribution is 2.14. The summed E-state index contributed by atoms with van der Waals surface area (Å²) < 4.78 is 1.36. The lowest BCUT2D eigenvalue weighted by Crippen LogP contribution is -2.57. The standard InChI is InChI=1S/C19H16N4O4/c1-14(25)20-21-19(22-11-7-4-8-12-22)23(15(2)26)18(27)17(13-24)16-9-5-3-6-10-16/h3-12H,1-2H3/p+1/b21-19+. The Morgan fingerprint density at radius 1 is 1.00 bits per heavy atom. The minimum atomic E-state index is -0.913. The minimum absolute atomic E-state index is 0.188. The molecule has 0 unspecified atom stereocenters. The fourth-order valence-electron chi connectivity index (χ4n) is 2.20. The molecular formula is C19H17N4O4+. The Hall–Kier alpha value is -3.90. The molecule has 0 saturated carbocycles. The summed E-state index contributed by atoms with van der Waals surface area (Å²) in [5.41, 5.74) is 2.18. The number of nitrogens with zero attached hydrogens (tertiary/aromatic N) is 3. The van der Waals surface area contributed by atoms with Crippen LogP contribution >= 0.6 is 0 Å². The number of rotatable bonds is 3. The van der Waals surface area contributed by atoms with Crippen LogP contribution in [-0.2, 0) is 19.2 Å². The van der Waals surface area contributed by atoms with Crippen LogP contribution in [0.15, 0.2) is 66.0 Å². The average molecular weight is 365 g/mol. The molecule has 1 heterocycles. The number of pyridine rings is 1. The fraction of sp³-hybridized carbons (Fsp3) is 0.105. The maximum Gasteiger partial charge on any atom is 0.434 e. The molecule has 2 aromatic rings. The van der Waals surface area contributed by atoms with Crippen molar-refractivity contribution < 1.29 is 23.7 Å². The Morgan fingerprint density at radius 3 is 2.11 bits per heavy atom. The largest absolute Gasteiger partial charge is 0.434 e. The molecule has 27 heavy (non-hydrogen) atoms. The van der Waals surface area contributed by atoms with Crippen molar-refractivity contribution >= 4 is 35.2 Å². The molecule has 0 radical (unpaired) electrons. The van der Waals surface area contributed by atoms with E-state index < -0.39 is 17.7 Å². The van der Waals surface area contributed by atoms with Crippen molar-refractivity contribution in [2.45, 2.75) is 13.8 Å². The van der Waals surface area contributed by atoms with Crippen LogP contribution in [0, 0.1) is 0 Å². The number of nitrogens with one attached hydrogen (secondary N) is 1. The van der Waals surface area contributed by atoms with E-state index in [1.807, 2.05) is 0 Å².